The van der Waals surface area contributed by atoms with Gasteiger partial charge < -0.3 is 21.7 Å². The highest BCUT2D eigenvalue weighted by molar-refractivity contribution is 5.74. The van der Waals surface area contributed by atoms with Crippen LogP contribution in [0.15, 0.2) is 18.2 Å². The monoisotopic (exact) mass is 248 g/mol. The summed E-state index contributed by atoms with van der Waals surface area (Å²) >= 11 is 0. The van der Waals surface area contributed by atoms with Crippen molar-refractivity contribution < 1.29 is 0 Å². The molecule has 1 aromatic carbocycles. The summed E-state index contributed by atoms with van der Waals surface area (Å²) in [6, 6.07) is 6.09. The second kappa shape index (κ2) is 5.96. The Balaban J connectivity index is 2.15. The van der Waals surface area contributed by atoms with E-state index in [1.165, 1.54) is 18.5 Å². The summed E-state index contributed by atoms with van der Waals surface area (Å²) in [6.45, 7) is 3.02. The molecule has 1 atom stereocenters. The third-order valence-electron chi connectivity index (χ3n) is 3.72. The number of nitrogens with one attached hydrogen (secondary N) is 1. The fourth-order valence-electron chi connectivity index (χ4n) is 2.78. The van der Waals surface area contributed by atoms with Crippen LogP contribution in [0.5, 0.6) is 0 Å². The lowest BCUT2D eigenvalue weighted by Crippen LogP contribution is -2.36. The van der Waals surface area contributed by atoms with E-state index < -0.39 is 0 Å². The van der Waals surface area contributed by atoms with E-state index in [4.69, 9.17) is 11.5 Å². The third-order valence-corrected chi connectivity index (χ3v) is 3.72. The van der Waals surface area contributed by atoms with E-state index in [0.717, 1.165) is 43.3 Å². The fraction of sp³-hybridized carbons (Fsp3) is 0.571. The summed E-state index contributed by atoms with van der Waals surface area (Å²) in [5, 5.41) is 3.23. The Morgan fingerprint density at radius 2 is 2.28 bits per heavy atom. The van der Waals surface area contributed by atoms with Crippen molar-refractivity contribution >= 4 is 17.1 Å². The molecule has 1 aromatic rings. The Bertz CT molecular complexity index is 389. The maximum absolute atomic E-state index is 5.83. The molecule has 100 valence electrons. The van der Waals surface area contributed by atoms with Gasteiger partial charge in [-0.1, -0.05) is 0 Å². The molecule has 0 saturated carbocycles. The normalized spacial score (nSPS) is 19.9. The Hall–Kier alpha value is -1.42. The predicted molar refractivity (Wildman–Crippen MR) is 79.0 cm³/mol. The van der Waals surface area contributed by atoms with Crippen LogP contribution in [0.3, 0.4) is 0 Å². The van der Waals surface area contributed by atoms with E-state index in [9.17, 15) is 0 Å². The van der Waals surface area contributed by atoms with Crippen molar-refractivity contribution in [2.24, 2.45) is 11.7 Å². The molecule has 0 aromatic heterocycles. The van der Waals surface area contributed by atoms with E-state index >= 15 is 0 Å². The minimum Gasteiger partial charge on any atom is -0.399 e. The lowest BCUT2D eigenvalue weighted by Gasteiger charge is -2.35. The number of hydrogen-bond donors (Lipinski definition) is 3. The lowest BCUT2D eigenvalue weighted by molar-refractivity contribution is 0.396. The largest absolute Gasteiger partial charge is 0.399 e. The van der Waals surface area contributed by atoms with Crippen molar-refractivity contribution in [3.63, 3.8) is 0 Å². The Labute approximate surface area is 109 Å². The van der Waals surface area contributed by atoms with Crippen LogP contribution in [0.2, 0.25) is 0 Å². The molecule has 0 bridgehead atoms. The van der Waals surface area contributed by atoms with Crippen LogP contribution in [0.1, 0.15) is 19.3 Å². The van der Waals surface area contributed by atoms with Gasteiger partial charge in [0.1, 0.15) is 0 Å². The standard InChI is InChI=1S/C14H24N4/c1-17-13-9-12(16)4-5-14(13)18-8-2-3-11(10-18)6-7-15/h4-5,9,11,17H,2-3,6-8,10,15-16H2,1H3. The van der Waals surface area contributed by atoms with Gasteiger partial charge in [-0.2, -0.15) is 0 Å². The molecule has 4 heteroatoms. The van der Waals surface area contributed by atoms with Crippen molar-refractivity contribution in [2.45, 2.75) is 19.3 Å². The van der Waals surface area contributed by atoms with Crippen LogP contribution >= 0.6 is 0 Å². The number of nitrogens with two attached hydrogens (primary N) is 2. The maximum Gasteiger partial charge on any atom is 0.0603 e. The molecule has 5 N–H and O–H groups in total. The summed E-state index contributed by atoms with van der Waals surface area (Å²) in [6.07, 6.45) is 3.68. The second-order valence-corrected chi connectivity index (χ2v) is 5.06. The van der Waals surface area contributed by atoms with Crippen molar-refractivity contribution in [3.8, 4) is 0 Å². The molecule has 1 fully saturated rings. The number of hydrogen-bond acceptors (Lipinski definition) is 4. The molecule has 0 amide bonds. The minimum atomic E-state index is 0.728. The zero-order chi connectivity index (χ0) is 13.0. The molecule has 0 spiro atoms. The van der Waals surface area contributed by atoms with E-state index in [1.54, 1.807) is 0 Å². The van der Waals surface area contributed by atoms with Crippen molar-refractivity contribution in [2.75, 3.05) is 42.6 Å². The number of benzene rings is 1. The molecule has 18 heavy (non-hydrogen) atoms. The van der Waals surface area contributed by atoms with Crippen LogP contribution in [0.25, 0.3) is 0 Å². The summed E-state index contributed by atoms with van der Waals surface area (Å²) in [7, 11) is 1.94. The van der Waals surface area contributed by atoms with Crippen molar-refractivity contribution in [1.29, 1.82) is 0 Å². The van der Waals surface area contributed by atoms with Gasteiger partial charge in [0.05, 0.1) is 11.4 Å². The van der Waals surface area contributed by atoms with E-state index in [2.05, 4.69) is 16.3 Å². The zero-order valence-electron chi connectivity index (χ0n) is 11.2. The quantitative estimate of drug-likeness (QED) is 0.712. The van der Waals surface area contributed by atoms with E-state index in [1.807, 2.05) is 19.2 Å². The van der Waals surface area contributed by atoms with Gasteiger partial charge in [-0.25, -0.2) is 0 Å². The summed E-state index contributed by atoms with van der Waals surface area (Å²) in [5.41, 5.74) is 14.7. The third kappa shape index (κ3) is 2.88. The first-order valence-electron chi connectivity index (χ1n) is 6.77. The highest BCUT2D eigenvalue weighted by atomic mass is 15.2. The highest BCUT2D eigenvalue weighted by Gasteiger charge is 2.21. The number of piperidine rings is 1. The van der Waals surface area contributed by atoms with Crippen LogP contribution in [-0.4, -0.2) is 26.7 Å². The van der Waals surface area contributed by atoms with Crippen molar-refractivity contribution in [3.05, 3.63) is 18.2 Å². The molecule has 0 radical (unpaired) electrons. The molecule has 1 aliphatic rings. The fourth-order valence-corrected chi connectivity index (χ4v) is 2.78. The summed E-state index contributed by atoms with van der Waals surface area (Å²) in [5.74, 6) is 0.728. The lowest BCUT2D eigenvalue weighted by atomic mass is 9.94. The molecule has 1 unspecified atom stereocenters. The smallest absolute Gasteiger partial charge is 0.0603 e. The molecule has 1 aliphatic heterocycles. The average Bonchev–Trinajstić information content (AvgIpc) is 2.39. The van der Waals surface area contributed by atoms with E-state index in [0.29, 0.717) is 0 Å². The summed E-state index contributed by atoms with van der Waals surface area (Å²) in [4.78, 5) is 2.45. The molecule has 1 heterocycles. The Kier molecular flexibility index (Phi) is 4.31. The van der Waals surface area contributed by atoms with Crippen molar-refractivity contribution in [1.82, 2.24) is 0 Å². The first-order valence-corrected chi connectivity index (χ1v) is 6.77. The molecule has 2 rings (SSSR count). The topological polar surface area (TPSA) is 67.3 Å². The van der Waals surface area contributed by atoms with Gasteiger partial charge >= 0.3 is 0 Å². The molecule has 4 nitrogen and oxygen atoms in total. The van der Waals surface area contributed by atoms with Crippen LogP contribution < -0.4 is 21.7 Å². The minimum absolute atomic E-state index is 0.728. The number of rotatable bonds is 4. The first kappa shape index (κ1) is 13.0. The van der Waals surface area contributed by atoms with Gasteiger partial charge in [-0.05, 0) is 49.9 Å². The predicted octanol–water partition coefficient (Wildman–Crippen LogP) is 1.88. The Morgan fingerprint density at radius 1 is 1.44 bits per heavy atom. The van der Waals surface area contributed by atoms with Crippen LogP contribution in [0.4, 0.5) is 17.1 Å². The highest BCUT2D eigenvalue weighted by Crippen LogP contribution is 2.31. The van der Waals surface area contributed by atoms with Crippen LogP contribution in [0, 0.1) is 5.92 Å². The molecule has 0 aliphatic carbocycles. The zero-order valence-corrected chi connectivity index (χ0v) is 11.2. The van der Waals surface area contributed by atoms with Gasteiger partial charge in [0, 0.05) is 25.8 Å². The van der Waals surface area contributed by atoms with Gasteiger partial charge in [-0.3, -0.25) is 0 Å². The van der Waals surface area contributed by atoms with E-state index in [-0.39, 0.29) is 0 Å². The summed E-state index contributed by atoms with van der Waals surface area (Å²) < 4.78 is 0. The second-order valence-electron chi connectivity index (χ2n) is 5.06. The molecular weight excluding hydrogens is 224 g/mol. The van der Waals surface area contributed by atoms with Crippen LogP contribution in [-0.2, 0) is 0 Å². The molecule has 1 saturated heterocycles. The van der Waals surface area contributed by atoms with Gasteiger partial charge in [0.2, 0.25) is 0 Å². The van der Waals surface area contributed by atoms with Gasteiger partial charge in [0.25, 0.3) is 0 Å². The maximum atomic E-state index is 5.83. The Morgan fingerprint density at radius 3 is 3.00 bits per heavy atom. The molecular formula is C14H24N4. The number of anilines is 3. The SMILES string of the molecule is CNc1cc(N)ccc1N1CCCC(CCN)C1. The first-order chi connectivity index (χ1) is 8.74. The van der Waals surface area contributed by atoms with Gasteiger partial charge in [-0.15, -0.1) is 0 Å². The average molecular weight is 248 g/mol. The number of nitrogens with zero attached hydrogens (tertiary/aromatic N) is 1. The number of nitrogen functional groups attached to an aromatic ring is 1. The van der Waals surface area contributed by atoms with Gasteiger partial charge in [0.15, 0.2) is 0 Å².